The molecule has 20 heavy (non-hydrogen) atoms. The van der Waals surface area contributed by atoms with Gasteiger partial charge in [0.15, 0.2) is 0 Å². The van der Waals surface area contributed by atoms with E-state index in [9.17, 15) is 13.2 Å². The van der Waals surface area contributed by atoms with Crippen LogP contribution in [0, 0.1) is 0 Å². The molecule has 1 aliphatic rings. The van der Waals surface area contributed by atoms with Gasteiger partial charge in [0, 0.05) is 17.9 Å². The molecule has 1 atom stereocenters. The van der Waals surface area contributed by atoms with Crippen LogP contribution in [0.2, 0.25) is 0 Å². The van der Waals surface area contributed by atoms with E-state index in [-0.39, 0.29) is 10.6 Å². The zero-order valence-electron chi connectivity index (χ0n) is 11.0. The van der Waals surface area contributed by atoms with Gasteiger partial charge in [-0.3, -0.25) is 4.79 Å². The molecule has 0 aromatic heterocycles. The van der Waals surface area contributed by atoms with Crippen LogP contribution in [0.1, 0.15) is 19.3 Å². The van der Waals surface area contributed by atoms with Crippen LogP contribution in [-0.2, 0) is 14.8 Å². The van der Waals surface area contributed by atoms with Gasteiger partial charge in [0.25, 0.3) is 0 Å². The predicted octanol–water partition coefficient (Wildman–Crippen LogP) is -0.240. The third-order valence-electron chi connectivity index (χ3n) is 3.41. The zero-order chi connectivity index (χ0) is 14.9. The molecular weight excluding hydrogens is 280 g/mol. The van der Waals surface area contributed by atoms with Gasteiger partial charge < -0.3 is 16.4 Å². The number of hydrogen-bond donors (Lipinski definition) is 3. The number of amides is 1. The minimum Gasteiger partial charge on any atom is -0.399 e. The second kappa shape index (κ2) is 5.29. The number of sulfonamides is 1. The minimum absolute atomic E-state index is 0.0682. The fraction of sp³-hybridized carbons (Fsp3) is 0.417. The monoisotopic (exact) mass is 298 g/mol. The van der Waals surface area contributed by atoms with Gasteiger partial charge in [0.2, 0.25) is 15.9 Å². The molecule has 1 saturated heterocycles. The van der Waals surface area contributed by atoms with Crippen LogP contribution in [0.15, 0.2) is 23.1 Å². The number of nitrogens with zero attached hydrogens (tertiary/aromatic N) is 1. The van der Waals surface area contributed by atoms with Crippen molar-refractivity contribution in [3.63, 3.8) is 0 Å². The molecule has 1 heterocycles. The molecule has 1 aliphatic heterocycles. The fourth-order valence-corrected chi connectivity index (χ4v) is 3.06. The second-order valence-electron chi connectivity index (χ2n) is 4.91. The van der Waals surface area contributed by atoms with Gasteiger partial charge in [-0.2, -0.15) is 0 Å². The first kappa shape index (κ1) is 14.6. The number of hydrogen-bond acceptors (Lipinski definition) is 5. The molecule has 0 radical (unpaired) electrons. The molecule has 0 aliphatic carbocycles. The summed E-state index contributed by atoms with van der Waals surface area (Å²) in [6, 6.07) is 3.89. The summed E-state index contributed by atoms with van der Waals surface area (Å²) in [6.45, 7) is 0.626. The van der Waals surface area contributed by atoms with Crippen LogP contribution in [0.3, 0.4) is 0 Å². The molecule has 1 unspecified atom stereocenters. The molecule has 6 N–H and O–H groups in total. The Morgan fingerprint density at radius 2 is 1.95 bits per heavy atom. The second-order valence-corrected chi connectivity index (χ2v) is 6.47. The first-order chi connectivity index (χ1) is 9.29. The van der Waals surface area contributed by atoms with Crippen LogP contribution >= 0.6 is 0 Å². The van der Waals surface area contributed by atoms with Crippen molar-refractivity contribution in [2.75, 3.05) is 17.2 Å². The largest absolute Gasteiger partial charge is 0.399 e. The molecule has 1 fully saturated rings. The third kappa shape index (κ3) is 3.02. The lowest BCUT2D eigenvalue weighted by Crippen LogP contribution is -2.47. The molecule has 0 saturated carbocycles. The molecule has 2 rings (SSSR count). The molecule has 1 aromatic rings. The number of carbonyl (C=O) groups excluding carboxylic acids is 1. The third-order valence-corrected chi connectivity index (χ3v) is 4.30. The summed E-state index contributed by atoms with van der Waals surface area (Å²) < 4.78 is 22.9. The van der Waals surface area contributed by atoms with Gasteiger partial charge in [-0.25, -0.2) is 13.6 Å². The van der Waals surface area contributed by atoms with Crippen molar-refractivity contribution in [1.29, 1.82) is 0 Å². The molecule has 8 heteroatoms. The number of piperidine rings is 1. The Morgan fingerprint density at radius 1 is 1.25 bits per heavy atom. The average Bonchev–Trinajstić information content (AvgIpc) is 2.37. The van der Waals surface area contributed by atoms with Gasteiger partial charge in [-0.1, -0.05) is 0 Å². The molecule has 1 aromatic carbocycles. The van der Waals surface area contributed by atoms with E-state index in [1.54, 1.807) is 11.0 Å². The number of anilines is 2. The lowest BCUT2D eigenvalue weighted by molar-refractivity contribution is -0.119. The van der Waals surface area contributed by atoms with Crippen LogP contribution in [0.4, 0.5) is 11.4 Å². The van der Waals surface area contributed by atoms with Gasteiger partial charge in [0.1, 0.15) is 6.04 Å². The smallest absolute Gasteiger partial charge is 0.240 e. The van der Waals surface area contributed by atoms with Crippen LogP contribution in [-0.4, -0.2) is 26.9 Å². The standard InChI is InChI=1S/C12H18N4O3S/c13-8-5-9(7-10(6-8)20(15,18)19)16-4-2-1-3-11(16)12(14)17/h5-7,11H,1-4,13H2,(H2,14,17)(H2,15,18,19). The van der Waals surface area contributed by atoms with E-state index in [2.05, 4.69) is 0 Å². The summed E-state index contributed by atoms with van der Waals surface area (Å²) in [5.74, 6) is -0.427. The van der Waals surface area contributed by atoms with E-state index in [0.717, 1.165) is 12.8 Å². The van der Waals surface area contributed by atoms with E-state index in [1.165, 1.54) is 12.1 Å². The Labute approximate surface area is 117 Å². The number of primary amides is 1. The maximum atomic E-state index is 11.5. The SMILES string of the molecule is NC(=O)C1CCCCN1c1cc(N)cc(S(N)(=O)=O)c1. The van der Waals surface area contributed by atoms with Crippen LogP contribution in [0.25, 0.3) is 0 Å². The predicted molar refractivity (Wildman–Crippen MR) is 76.4 cm³/mol. The lowest BCUT2D eigenvalue weighted by atomic mass is 10.0. The van der Waals surface area contributed by atoms with E-state index < -0.39 is 22.0 Å². The summed E-state index contributed by atoms with van der Waals surface area (Å²) in [4.78, 5) is 13.2. The maximum Gasteiger partial charge on any atom is 0.240 e. The van der Waals surface area contributed by atoms with Gasteiger partial charge in [-0.15, -0.1) is 0 Å². The fourth-order valence-electron chi connectivity index (χ4n) is 2.47. The molecular formula is C12H18N4O3S. The Hall–Kier alpha value is -1.80. The van der Waals surface area contributed by atoms with Gasteiger partial charge in [-0.05, 0) is 37.5 Å². The minimum atomic E-state index is -3.85. The van der Waals surface area contributed by atoms with Crippen molar-refractivity contribution in [2.45, 2.75) is 30.2 Å². The Balaban J connectivity index is 2.45. The highest BCUT2D eigenvalue weighted by atomic mass is 32.2. The van der Waals surface area contributed by atoms with Crippen molar-refractivity contribution in [3.05, 3.63) is 18.2 Å². The quantitative estimate of drug-likeness (QED) is 0.662. The van der Waals surface area contributed by atoms with E-state index in [4.69, 9.17) is 16.6 Å². The molecule has 0 spiro atoms. The van der Waals surface area contributed by atoms with Crippen molar-refractivity contribution >= 4 is 27.3 Å². The van der Waals surface area contributed by atoms with Crippen molar-refractivity contribution in [2.24, 2.45) is 10.9 Å². The average molecular weight is 298 g/mol. The highest BCUT2D eigenvalue weighted by Crippen LogP contribution is 2.28. The molecule has 1 amide bonds. The number of nitrogens with two attached hydrogens (primary N) is 3. The van der Waals surface area contributed by atoms with Crippen molar-refractivity contribution < 1.29 is 13.2 Å². The highest BCUT2D eigenvalue weighted by molar-refractivity contribution is 7.89. The number of primary sulfonamides is 1. The first-order valence-corrected chi connectivity index (χ1v) is 7.83. The van der Waals surface area contributed by atoms with Crippen LogP contribution < -0.4 is 21.5 Å². The van der Waals surface area contributed by atoms with E-state index in [1.807, 2.05) is 0 Å². The normalized spacial score (nSPS) is 19.9. The van der Waals surface area contributed by atoms with Crippen LogP contribution in [0.5, 0.6) is 0 Å². The van der Waals surface area contributed by atoms with Crippen molar-refractivity contribution in [3.8, 4) is 0 Å². The number of carbonyl (C=O) groups is 1. The lowest BCUT2D eigenvalue weighted by Gasteiger charge is -2.35. The van der Waals surface area contributed by atoms with E-state index in [0.29, 0.717) is 18.7 Å². The Morgan fingerprint density at radius 3 is 2.55 bits per heavy atom. The van der Waals surface area contributed by atoms with Crippen molar-refractivity contribution in [1.82, 2.24) is 0 Å². The number of nitrogen functional groups attached to an aromatic ring is 1. The van der Waals surface area contributed by atoms with E-state index >= 15 is 0 Å². The first-order valence-electron chi connectivity index (χ1n) is 6.28. The highest BCUT2D eigenvalue weighted by Gasteiger charge is 2.28. The zero-order valence-corrected chi connectivity index (χ0v) is 11.8. The number of benzene rings is 1. The number of rotatable bonds is 3. The summed E-state index contributed by atoms with van der Waals surface area (Å²) in [5.41, 5.74) is 12.0. The molecule has 0 bridgehead atoms. The molecule has 7 nitrogen and oxygen atoms in total. The maximum absolute atomic E-state index is 11.5. The summed E-state index contributed by atoms with van der Waals surface area (Å²) >= 11 is 0. The summed E-state index contributed by atoms with van der Waals surface area (Å²) in [5, 5.41) is 5.13. The summed E-state index contributed by atoms with van der Waals surface area (Å²) in [7, 11) is -3.85. The summed E-state index contributed by atoms with van der Waals surface area (Å²) in [6.07, 6.45) is 2.46. The topological polar surface area (TPSA) is 133 Å². The Bertz CT molecular complexity index is 630. The molecule has 110 valence electrons. The van der Waals surface area contributed by atoms with Gasteiger partial charge in [0.05, 0.1) is 4.90 Å². The van der Waals surface area contributed by atoms with Gasteiger partial charge >= 0.3 is 0 Å². The Kier molecular flexibility index (Phi) is 3.87.